The Morgan fingerprint density at radius 2 is 1.84 bits per heavy atom. The van der Waals surface area contributed by atoms with Crippen LogP contribution in [0.1, 0.15) is 5.56 Å². The highest BCUT2D eigenvalue weighted by Crippen LogP contribution is 2.25. The number of nitrogens with zero attached hydrogens (tertiary/aromatic N) is 2. The zero-order valence-electron chi connectivity index (χ0n) is 12.8. The average Bonchev–Trinajstić information content (AvgIpc) is 2.99. The molecule has 0 aliphatic heterocycles. The van der Waals surface area contributed by atoms with Gasteiger partial charge >= 0.3 is 0 Å². The average molecular weight is 395 g/mol. The zero-order chi connectivity index (χ0) is 17.8. The Kier molecular flexibility index (Phi) is 5.53. The summed E-state index contributed by atoms with van der Waals surface area (Å²) >= 11 is 17.2. The summed E-state index contributed by atoms with van der Waals surface area (Å²) in [5.41, 5.74) is 1.60. The standard InChI is InChI=1S/C17H13Cl2FN4S/c18-12-3-6-15(14(19)9-12)21-17(25)22-16-7-8-24(23-16)10-11-1-4-13(20)5-2-11/h1-9H,10H2,(H2,21,22,23,25). The van der Waals surface area contributed by atoms with Crippen LogP contribution in [0.3, 0.4) is 0 Å². The predicted molar refractivity (Wildman–Crippen MR) is 104 cm³/mol. The van der Waals surface area contributed by atoms with Crippen molar-refractivity contribution < 1.29 is 4.39 Å². The van der Waals surface area contributed by atoms with Crippen LogP contribution in [0, 0.1) is 5.82 Å². The molecular weight excluding hydrogens is 382 g/mol. The second kappa shape index (κ2) is 7.82. The monoisotopic (exact) mass is 394 g/mol. The third kappa shape index (κ3) is 4.92. The number of anilines is 2. The van der Waals surface area contributed by atoms with Gasteiger partial charge in [0.1, 0.15) is 5.82 Å². The van der Waals surface area contributed by atoms with E-state index in [-0.39, 0.29) is 5.82 Å². The van der Waals surface area contributed by atoms with Crippen molar-refractivity contribution in [1.29, 1.82) is 0 Å². The fourth-order valence-electron chi connectivity index (χ4n) is 2.15. The molecule has 4 nitrogen and oxygen atoms in total. The van der Waals surface area contributed by atoms with E-state index in [2.05, 4.69) is 15.7 Å². The SMILES string of the molecule is Fc1ccc(Cn2ccc(NC(=S)Nc3ccc(Cl)cc3Cl)n2)cc1. The summed E-state index contributed by atoms with van der Waals surface area (Å²) in [7, 11) is 0. The van der Waals surface area contributed by atoms with E-state index >= 15 is 0 Å². The molecule has 0 radical (unpaired) electrons. The lowest BCUT2D eigenvalue weighted by Crippen LogP contribution is -2.19. The number of rotatable bonds is 4. The molecule has 0 saturated carbocycles. The van der Waals surface area contributed by atoms with Crippen molar-refractivity contribution in [3.63, 3.8) is 0 Å². The topological polar surface area (TPSA) is 41.9 Å². The van der Waals surface area contributed by atoms with Crippen molar-refractivity contribution in [2.45, 2.75) is 6.54 Å². The summed E-state index contributed by atoms with van der Waals surface area (Å²) in [5.74, 6) is 0.327. The molecule has 3 aromatic rings. The lowest BCUT2D eigenvalue weighted by atomic mass is 10.2. The fraction of sp³-hybridized carbons (Fsp3) is 0.0588. The van der Waals surface area contributed by atoms with Gasteiger partial charge in [0.25, 0.3) is 0 Å². The molecule has 2 aromatic carbocycles. The lowest BCUT2D eigenvalue weighted by Gasteiger charge is -2.10. The molecule has 25 heavy (non-hydrogen) atoms. The first-order valence-electron chi connectivity index (χ1n) is 7.30. The summed E-state index contributed by atoms with van der Waals surface area (Å²) in [4.78, 5) is 0. The van der Waals surface area contributed by atoms with Crippen molar-refractivity contribution in [1.82, 2.24) is 9.78 Å². The van der Waals surface area contributed by atoms with E-state index in [0.717, 1.165) is 5.56 Å². The molecular formula is C17H13Cl2FN4S. The third-order valence-corrected chi connectivity index (χ3v) is 4.07. The summed E-state index contributed by atoms with van der Waals surface area (Å²) in [6.07, 6.45) is 1.81. The fourth-order valence-corrected chi connectivity index (χ4v) is 2.82. The highest BCUT2D eigenvalue weighted by atomic mass is 35.5. The van der Waals surface area contributed by atoms with E-state index in [4.69, 9.17) is 35.4 Å². The van der Waals surface area contributed by atoms with Gasteiger partial charge in [-0.25, -0.2) is 4.39 Å². The number of halogens is 3. The Labute approximate surface area is 159 Å². The quantitative estimate of drug-likeness (QED) is 0.597. The number of nitrogens with one attached hydrogen (secondary N) is 2. The number of thiocarbonyl (C=S) groups is 1. The van der Waals surface area contributed by atoms with Gasteiger partial charge in [0, 0.05) is 17.3 Å². The van der Waals surface area contributed by atoms with Gasteiger partial charge in [-0.15, -0.1) is 0 Å². The van der Waals surface area contributed by atoms with Crippen LogP contribution in [0.25, 0.3) is 0 Å². The molecule has 3 rings (SSSR count). The summed E-state index contributed by atoms with van der Waals surface area (Å²) in [6.45, 7) is 0.533. The molecule has 0 bridgehead atoms. The van der Waals surface area contributed by atoms with Crippen LogP contribution < -0.4 is 10.6 Å². The molecule has 0 aliphatic carbocycles. The highest BCUT2D eigenvalue weighted by Gasteiger charge is 2.06. The maximum atomic E-state index is 12.9. The molecule has 8 heteroatoms. The van der Waals surface area contributed by atoms with E-state index in [1.54, 1.807) is 41.1 Å². The molecule has 1 aromatic heterocycles. The van der Waals surface area contributed by atoms with E-state index in [9.17, 15) is 4.39 Å². The van der Waals surface area contributed by atoms with Crippen molar-refractivity contribution in [3.8, 4) is 0 Å². The second-order valence-corrected chi connectivity index (χ2v) is 6.48. The minimum Gasteiger partial charge on any atom is -0.331 e. The van der Waals surface area contributed by atoms with Crippen LogP contribution in [0.4, 0.5) is 15.9 Å². The molecule has 0 amide bonds. The van der Waals surface area contributed by atoms with Crippen LogP contribution in [-0.4, -0.2) is 14.9 Å². The maximum absolute atomic E-state index is 12.9. The van der Waals surface area contributed by atoms with Gasteiger partial charge < -0.3 is 10.6 Å². The van der Waals surface area contributed by atoms with E-state index in [1.165, 1.54) is 12.1 Å². The molecule has 0 atom stereocenters. The Morgan fingerprint density at radius 1 is 1.08 bits per heavy atom. The molecule has 0 spiro atoms. The van der Waals surface area contributed by atoms with Gasteiger partial charge in [-0.1, -0.05) is 35.3 Å². The summed E-state index contributed by atoms with van der Waals surface area (Å²) in [5, 5.41) is 11.7. The van der Waals surface area contributed by atoms with Gasteiger partial charge in [0.2, 0.25) is 0 Å². The van der Waals surface area contributed by atoms with E-state index < -0.39 is 0 Å². The molecule has 128 valence electrons. The largest absolute Gasteiger partial charge is 0.331 e. The van der Waals surface area contributed by atoms with E-state index in [1.807, 2.05) is 6.20 Å². The minimum atomic E-state index is -0.260. The molecule has 0 unspecified atom stereocenters. The Balaban J connectivity index is 1.60. The molecule has 0 aliphatic rings. The first kappa shape index (κ1) is 17.7. The van der Waals surface area contributed by atoms with Crippen LogP contribution in [0.15, 0.2) is 54.7 Å². The summed E-state index contributed by atoms with van der Waals surface area (Å²) < 4.78 is 14.7. The van der Waals surface area contributed by atoms with Gasteiger partial charge in [-0.05, 0) is 48.1 Å². The molecule has 2 N–H and O–H groups in total. The molecule has 1 heterocycles. The normalized spacial score (nSPS) is 10.5. The minimum absolute atomic E-state index is 0.260. The van der Waals surface area contributed by atoms with Crippen LogP contribution in [0.5, 0.6) is 0 Å². The number of aromatic nitrogens is 2. The van der Waals surface area contributed by atoms with Gasteiger partial charge in [-0.3, -0.25) is 4.68 Å². The van der Waals surface area contributed by atoms with Gasteiger partial charge in [0.15, 0.2) is 10.9 Å². The number of hydrogen-bond donors (Lipinski definition) is 2. The van der Waals surface area contributed by atoms with Gasteiger partial charge in [-0.2, -0.15) is 5.10 Å². The Morgan fingerprint density at radius 3 is 2.56 bits per heavy atom. The van der Waals surface area contributed by atoms with E-state index in [0.29, 0.717) is 33.2 Å². The second-order valence-electron chi connectivity index (χ2n) is 5.23. The highest BCUT2D eigenvalue weighted by molar-refractivity contribution is 7.80. The van der Waals surface area contributed by atoms with Crippen molar-refractivity contribution in [2.75, 3.05) is 10.6 Å². The summed E-state index contributed by atoms with van der Waals surface area (Å²) in [6, 6.07) is 13.2. The van der Waals surface area contributed by atoms with Crippen LogP contribution in [0.2, 0.25) is 10.0 Å². The first-order chi connectivity index (χ1) is 12.0. The smallest absolute Gasteiger partial charge is 0.176 e. The maximum Gasteiger partial charge on any atom is 0.176 e. The van der Waals surface area contributed by atoms with Crippen molar-refractivity contribution in [3.05, 3.63) is 76.2 Å². The third-order valence-electron chi connectivity index (χ3n) is 3.32. The van der Waals surface area contributed by atoms with Crippen molar-refractivity contribution >= 4 is 52.0 Å². The Hall–Kier alpha value is -2.15. The molecule has 0 saturated heterocycles. The van der Waals surface area contributed by atoms with Crippen LogP contribution >= 0.6 is 35.4 Å². The lowest BCUT2D eigenvalue weighted by molar-refractivity contribution is 0.624. The number of benzene rings is 2. The first-order valence-corrected chi connectivity index (χ1v) is 8.47. The van der Waals surface area contributed by atoms with Gasteiger partial charge in [0.05, 0.1) is 17.3 Å². The predicted octanol–water partition coefficient (Wildman–Crippen LogP) is 5.19. The van der Waals surface area contributed by atoms with Crippen LogP contribution in [-0.2, 0) is 6.54 Å². The number of hydrogen-bond acceptors (Lipinski definition) is 2. The Bertz CT molecular complexity index is 896. The molecule has 0 fully saturated rings. The zero-order valence-corrected chi connectivity index (χ0v) is 15.2. The van der Waals surface area contributed by atoms with Crippen molar-refractivity contribution in [2.24, 2.45) is 0 Å².